The smallest absolute Gasteiger partial charge is 0.0119 e. The molecule has 0 aromatic heterocycles. The molecule has 0 heterocycles. The molecule has 0 saturated carbocycles. The average molecular weight is 474 g/mol. The predicted octanol–water partition coefficient (Wildman–Crippen LogP) is 6.19. The number of rotatable bonds is 8. The molecule has 0 radical (unpaired) electrons. The molecule has 0 N–H and O–H groups in total. The van der Waals surface area contributed by atoms with Gasteiger partial charge >= 0.3 is 0 Å². The van der Waals surface area contributed by atoms with Crippen molar-refractivity contribution in [2.45, 2.75) is 39.0 Å². The number of hydrogen-bond acceptors (Lipinski definition) is 0. The summed E-state index contributed by atoms with van der Waals surface area (Å²) in [6.07, 6.45) is 6.45. The molecule has 0 aliphatic carbocycles. The first-order chi connectivity index (χ1) is 12.4. The van der Waals surface area contributed by atoms with Gasteiger partial charge in [-0.15, -0.1) is 24.0 Å². The van der Waals surface area contributed by atoms with Crippen molar-refractivity contribution in [3.8, 4) is 0 Å². The van der Waals surface area contributed by atoms with E-state index < -0.39 is 7.92 Å². The van der Waals surface area contributed by atoms with Crippen molar-refractivity contribution in [2.24, 2.45) is 0 Å². The van der Waals surface area contributed by atoms with E-state index >= 15 is 0 Å². The SMILES string of the molecule is CCCCCCc1ccccc1P(c1ccccc1)c1ccccc1.I. The van der Waals surface area contributed by atoms with Crippen LogP contribution in [0.5, 0.6) is 0 Å². The number of aryl methyl sites for hydroxylation is 1. The van der Waals surface area contributed by atoms with Crippen LogP contribution < -0.4 is 15.9 Å². The quantitative estimate of drug-likeness (QED) is 0.208. The summed E-state index contributed by atoms with van der Waals surface area (Å²) in [5, 5.41) is 4.39. The topological polar surface area (TPSA) is 0 Å². The van der Waals surface area contributed by atoms with Crippen LogP contribution >= 0.6 is 31.9 Å². The molecule has 0 amide bonds. The Morgan fingerprint density at radius 2 is 1.15 bits per heavy atom. The Hall–Kier alpha value is -1.18. The van der Waals surface area contributed by atoms with E-state index in [1.54, 1.807) is 0 Å². The number of hydrogen-bond donors (Lipinski definition) is 0. The van der Waals surface area contributed by atoms with Crippen LogP contribution in [0.25, 0.3) is 0 Å². The van der Waals surface area contributed by atoms with Crippen LogP contribution in [0.3, 0.4) is 0 Å². The fourth-order valence-corrected chi connectivity index (χ4v) is 5.77. The van der Waals surface area contributed by atoms with E-state index in [1.807, 2.05) is 0 Å². The van der Waals surface area contributed by atoms with E-state index in [2.05, 4.69) is 91.9 Å². The summed E-state index contributed by atoms with van der Waals surface area (Å²) in [7, 11) is -0.491. The Labute approximate surface area is 176 Å². The fourth-order valence-electron chi connectivity index (χ4n) is 3.26. The Bertz CT molecular complexity index is 716. The second kappa shape index (κ2) is 11.5. The van der Waals surface area contributed by atoms with E-state index in [0.29, 0.717) is 0 Å². The highest BCUT2D eigenvalue weighted by molar-refractivity contribution is 14.0. The lowest BCUT2D eigenvalue weighted by Gasteiger charge is -2.22. The summed E-state index contributed by atoms with van der Waals surface area (Å²) in [6.45, 7) is 2.28. The highest BCUT2D eigenvalue weighted by Gasteiger charge is 2.18. The lowest BCUT2D eigenvalue weighted by Crippen LogP contribution is -2.23. The second-order valence-electron chi connectivity index (χ2n) is 6.45. The number of halogens is 1. The van der Waals surface area contributed by atoms with Gasteiger partial charge in [0.2, 0.25) is 0 Å². The van der Waals surface area contributed by atoms with Crippen molar-refractivity contribution in [1.82, 2.24) is 0 Å². The summed E-state index contributed by atoms with van der Waals surface area (Å²) in [5.41, 5.74) is 1.53. The molecule has 136 valence electrons. The van der Waals surface area contributed by atoms with Crippen molar-refractivity contribution in [1.29, 1.82) is 0 Å². The van der Waals surface area contributed by atoms with Crippen molar-refractivity contribution < 1.29 is 0 Å². The molecular weight excluding hydrogens is 446 g/mol. The van der Waals surface area contributed by atoms with Crippen LogP contribution in [0, 0.1) is 0 Å². The summed E-state index contributed by atoms with van der Waals surface area (Å²) in [6, 6.07) is 31.1. The maximum Gasteiger partial charge on any atom is -0.0119 e. The molecule has 0 fully saturated rings. The minimum absolute atomic E-state index is 0. The zero-order valence-corrected chi connectivity index (χ0v) is 18.7. The molecule has 26 heavy (non-hydrogen) atoms. The third kappa shape index (κ3) is 5.66. The highest BCUT2D eigenvalue weighted by atomic mass is 127. The lowest BCUT2D eigenvalue weighted by atomic mass is 10.1. The molecule has 0 nitrogen and oxygen atoms in total. The van der Waals surface area contributed by atoms with Crippen LogP contribution in [0.1, 0.15) is 38.2 Å². The van der Waals surface area contributed by atoms with Crippen LogP contribution in [-0.2, 0) is 6.42 Å². The third-order valence-electron chi connectivity index (χ3n) is 4.56. The van der Waals surface area contributed by atoms with Gasteiger partial charge in [0.05, 0.1) is 0 Å². The van der Waals surface area contributed by atoms with Gasteiger partial charge < -0.3 is 0 Å². The van der Waals surface area contributed by atoms with Crippen molar-refractivity contribution in [3.63, 3.8) is 0 Å². The highest BCUT2D eigenvalue weighted by Crippen LogP contribution is 2.34. The molecule has 0 aliphatic heterocycles. The van der Waals surface area contributed by atoms with Gasteiger partial charge in [0.25, 0.3) is 0 Å². The Balaban J connectivity index is 0.00000243. The zero-order valence-electron chi connectivity index (χ0n) is 15.5. The summed E-state index contributed by atoms with van der Waals surface area (Å²) >= 11 is 0. The molecule has 0 aliphatic rings. The molecule has 2 heteroatoms. The molecule has 0 unspecified atom stereocenters. The molecule has 3 aromatic carbocycles. The fraction of sp³-hybridized carbons (Fsp3) is 0.250. The zero-order chi connectivity index (χ0) is 17.3. The molecule has 3 rings (SSSR count). The number of benzene rings is 3. The van der Waals surface area contributed by atoms with Crippen LogP contribution in [-0.4, -0.2) is 0 Å². The van der Waals surface area contributed by atoms with Crippen LogP contribution in [0.15, 0.2) is 84.9 Å². The van der Waals surface area contributed by atoms with E-state index in [0.717, 1.165) is 0 Å². The minimum Gasteiger partial charge on any atom is -0.107 e. The Morgan fingerprint density at radius 3 is 1.73 bits per heavy atom. The standard InChI is InChI=1S/C24H27P.HI/c1-2-3-4-7-14-21-15-12-13-20-24(21)25(22-16-8-5-9-17-22)23-18-10-6-11-19-23;/h5-6,8-13,15-20H,2-4,7,14H2,1H3;1H. The van der Waals surface area contributed by atoms with Gasteiger partial charge in [-0.2, -0.15) is 0 Å². The summed E-state index contributed by atoms with van der Waals surface area (Å²) in [4.78, 5) is 0. The van der Waals surface area contributed by atoms with Crippen LogP contribution in [0.4, 0.5) is 0 Å². The third-order valence-corrected chi connectivity index (χ3v) is 7.11. The molecule has 0 saturated heterocycles. The first kappa shape index (κ1) is 21.1. The maximum atomic E-state index is 2.35. The van der Waals surface area contributed by atoms with E-state index in [4.69, 9.17) is 0 Å². The van der Waals surface area contributed by atoms with E-state index in [9.17, 15) is 0 Å². The molecule has 0 bridgehead atoms. The lowest BCUT2D eigenvalue weighted by molar-refractivity contribution is 0.668. The van der Waals surface area contributed by atoms with Gasteiger partial charge in [-0.05, 0) is 42.2 Å². The number of unbranched alkanes of at least 4 members (excludes halogenated alkanes) is 3. The van der Waals surface area contributed by atoms with E-state index in [1.165, 1.54) is 53.6 Å². The van der Waals surface area contributed by atoms with Crippen LogP contribution in [0.2, 0.25) is 0 Å². The predicted molar refractivity (Wildman–Crippen MR) is 128 cm³/mol. The van der Waals surface area contributed by atoms with Gasteiger partial charge in [-0.25, -0.2) is 0 Å². The molecule has 0 spiro atoms. The average Bonchev–Trinajstić information content (AvgIpc) is 2.68. The Morgan fingerprint density at radius 1 is 0.615 bits per heavy atom. The van der Waals surface area contributed by atoms with Gasteiger partial charge in [0.15, 0.2) is 0 Å². The molecular formula is C24H28IP. The maximum absolute atomic E-state index is 2.35. The normalized spacial score (nSPS) is 10.5. The summed E-state index contributed by atoms with van der Waals surface area (Å²) in [5.74, 6) is 0. The van der Waals surface area contributed by atoms with Gasteiger partial charge in [-0.1, -0.05) is 111 Å². The Kier molecular flexibility index (Phi) is 9.36. The minimum atomic E-state index is -0.491. The van der Waals surface area contributed by atoms with E-state index in [-0.39, 0.29) is 24.0 Å². The molecule has 0 atom stereocenters. The molecule has 3 aromatic rings. The van der Waals surface area contributed by atoms with Crippen molar-refractivity contribution >= 4 is 47.8 Å². The second-order valence-corrected chi connectivity index (χ2v) is 8.63. The first-order valence-corrected chi connectivity index (χ1v) is 10.7. The van der Waals surface area contributed by atoms with Crippen molar-refractivity contribution in [3.05, 3.63) is 90.5 Å². The summed E-state index contributed by atoms with van der Waals surface area (Å²) < 4.78 is 0. The monoisotopic (exact) mass is 474 g/mol. The van der Waals surface area contributed by atoms with Gasteiger partial charge in [0, 0.05) is 0 Å². The van der Waals surface area contributed by atoms with Crippen molar-refractivity contribution in [2.75, 3.05) is 0 Å². The van der Waals surface area contributed by atoms with Gasteiger partial charge in [-0.3, -0.25) is 0 Å². The first-order valence-electron chi connectivity index (χ1n) is 9.38. The largest absolute Gasteiger partial charge is 0.107 e. The van der Waals surface area contributed by atoms with Gasteiger partial charge in [0.1, 0.15) is 0 Å².